The largest absolute Gasteiger partial charge is 0.489 e. The summed E-state index contributed by atoms with van der Waals surface area (Å²) in [6, 6.07) is 13.2. The van der Waals surface area contributed by atoms with E-state index in [1.54, 1.807) is 30.9 Å². The molecule has 0 aliphatic carbocycles. The zero-order chi connectivity index (χ0) is 23.3. The van der Waals surface area contributed by atoms with Crippen molar-refractivity contribution in [2.24, 2.45) is 0 Å². The molecule has 1 saturated heterocycles. The number of benzene rings is 2. The monoisotopic (exact) mass is 476 g/mol. The number of piperidine rings is 1. The minimum Gasteiger partial charge on any atom is -0.489 e. The summed E-state index contributed by atoms with van der Waals surface area (Å²) in [7, 11) is 2.14. The highest BCUT2D eigenvalue weighted by Crippen LogP contribution is 2.35. The summed E-state index contributed by atoms with van der Waals surface area (Å²) in [5, 5.41) is 4.69. The molecule has 1 aliphatic heterocycles. The molecule has 1 fully saturated rings. The third-order valence-electron chi connectivity index (χ3n) is 5.75. The molecule has 0 radical (unpaired) electrons. The Morgan fingerprint density at radius 1 is 1.00 bits per heavy atom. The quantitative estimate of drug-likeness (QED) is 0.404. The zero-order valence-corrected chi connectivity index (χ0v) is 19.6. The summed E-state index contributed by atoms with van der Waals surface area (Å²) in [6.45, 7) is 2.29. The number of nitrogens with one attached hydrogen (secondary N) is 1. The highest BCUT2D eigenvalue weighted by atomic mass is 35.5. The minimum atomic E-state index is 0.175. The van der Waals surface area contributed by atoms with E-state index in [9.17, 15) is 0 Å². The van der Waals surface area contributed by atoms with E-state index in [2.05, 4.69) is 37.2 Å². The van der Waals surface area contributed by atoms with Crippen LogP contribution in [0.15, 0.2) is 61.2 Å². The van der Waals surface area contributed by atoms with Gasteiger partial charge >= 0.3 is 0 Å². The summed E-state index contributed by atoms with van der Waals surface area (Å²) in [5.74, 6) is 2.59. The zero-order valence-electron chi connectivity index (χ0n) is 18.8. The Kier molecular flexibility index (Phi) is 6.69. The summed E-state index contributed by atoms with van der Waals surface area (Å²) in [6.07, 6.45) is 7.06. The Bertz CT molecular complexity index is 1260. The van der Waals surface area contributed by atoms with E-state index in [1.165, 1.54) is 0 Å². The number of fused-ring (bicyclic) bond motifs is 1. The maximum atomic E-state index is 6.48. The lowest BCUT2D eigenvalue weighted by Crippen LogP contribution is -2.35. The van der Waals surface area contributed by atoms with Gasteiger partial charge in [-0.05, 0) is 56.3 Å². The number of aromatic nitrogens is 4. The van der Waals surface area contributed by atoms with Gasteiger partial charge < -0.3 is 19.7 Å². The standard InChI is InChI=1S/C25H25ClN6O2/c1-32-12-8-18(9-13-32)34-22-5-2-4-20-24(22)25(30-16-29-20)31-17-6-7-21(19(26)14-17)33-15-23-27-10-3-11-28-23/h2-7,10-11,14,16,18H,8-9,12-13,15H2,1H3,(H,29,30,31). The van der Waals surface area contributed by atoms with Crippen LogP contribution in [0.4, 0.5) is 11.5 Å². The van der Waals surface area contributed by atoms with Crippen LogP contribution in [0.25, 0.3) is 10.9 Å². The van der Waals surface area contributed by atoms with Gasteiger partial charge in [-0.3, -0.25) is 0 Å². The molecule has 0 spiro atoms. The first-order valence-corrected chi connectivity index (χ1v) is 11.6. The molecule has 8 nitrogen and oxygen atoms in total. The molecule has 3 heterocycles. The Morgan fingerprint density at radius 3 is 2.62 bits per heavy atom. The van der Waals surface area contributed by atoms with Crippen molar-refractivity contribution in [3.8, 4) is 11.5 Å². The van der Waals surface area contributed by atoms with Crippen molar-refractivity contribution in [1.29, 1.82) is 0 Å². The summed E-state index contributed by atoms with van der Waals surface area (Å²) in [4.78, 5) is 19.6. The first kappa shape index (κ1) is 22.3. The molecule has 0 unspecified atom stereocenters. The van der Waals surface area contributed by atoms with Gasteiger partial charge in [-0.25, -0.2) is 19.9 Å². The number of halogens is 1. The van der Waals surface area contributed by atoms with E-state index >= 15 is 0 Å². The normalized spacial score (nSPS) is 14.8. The Morgan fingerprint density at radius 2 is 1.82 bits per heavy atom. The Hall–Kier alpha value is -3.49. The van der Waals surface area contributed by atoms with Crippen molar-refractivity contribution in [3.05, 3.63) is 72.0 Å². The fraction of sp³-hybridized carbons (Fsp3) is 0.280. The summed E-state index contributed by atoms with van der Waals surface area (Å²) >= 11 is 6.48. The molecule has 0 atom stereocenters. The van der Waals surface area contributed by atoms with Crippen molar-refractivity contribution in [2.75, 3.05) is 25.5 Å². The molecule has 1 N–H and O–H groups in total. The van der Waals surface area contributed by atoms with Crippen molar-refractivity contribution in [2.45, 2.75) is 25.6 Å². The minimum absolute atomic E-state index is 0.175. The first-order chi connectivity index (χ1) is 16.7. The highest BCUT2D eigenvalue weighted by molar-refractivity contribution is 6.32. The van der Waals surface area contributed by atoms with E-state index in [1.807, 2.05) is 30.3 Å². The van der Waals surface area contributed by atoms with Crippen LogP contribution < -0.4 is 14.8 Å². The molecule has 0 amide bonds. The molecule has 174 valence electrons. The van der Waals surface area contributed by atoms with Crippen LogP contribution in [0.1, 0.15) is 18.7 Å². The predicted octanol–water partition coefficient (Wildman–Crippen LogP) is 4.87. The van der Waals surface area contributed by atoms with Crippen LogP contribution in [0, 0.1) is 0 Å². The van der Waals surface area contributed by atoms with Crippen LogP contribution in [0.2, 0.25) is 5.02 Å². The number of nitrogens with zero attached hydrogens (tertiary/aromatic N) is 5. The average molecular weight is 477 g/mol. The number of anilines is 2. The first-order valence-electron chi connectivity index (χ1n) is 11.2. The Labute approximate surface area is 202 Å². The van der Waals surface area contributed by atoms with E-state index < -0.39 is 0 Å². The summed E-state index contributed by atoms with van der Waals surface area (Å²) < 4.78 is 12.2. The molecule has 0 saturated carbocycles. The highest BCUT2D eigenvalue weighted by Gasteiger charge is 2.20. The SMILES string of the molecule is CN1CCC(Oc2cccc3ncnc(Nc4ccc(OCc5ncccn5)c(Cl)c4)c23)CC1. The molecule has 34 heavy (non-hydrogen) atoms. The van der Waals surface area contributed by atoms with Gasteiger partial charge in [0.1, 0.15) is 36.4 Å². The molecule has 0 bridgehead atoms. The number of rotatable bonds is 7. The second kappa shape index (κ2) is 10.2. The van der Waals surface area contributed by atoms with E-state index in [0.717, 1.165) is 48.3 Å². The summed E-state index contributed by atoms with van der Waals surface area (Å²) in [5.41, 5.74) is 1.60. The topological polar surface area (TPSA) is 85.3 Å². The van der Waals surface area contributed by atoms with Gasteiger partial charge in [0.2, 0.25) is 0 Å². The third-order valence-corrected chi connectivity index (χ3v) is 6.05. The second-order valence-electron chi connectivity index (χ2n) is 8.22. The molecule has 1 aliphatic rings. The smallest absolute Gasteiger partial charge is 0.166 e. The van der Waals surface area contributed by atoms with E-state index in [4.69, 9.17) is 21.1 Å². The van der Waals surface area contributed by atoms with Crippen LogP contribution in [0.3, 0.4) is 0 Å². The maximum absolute atomic E-state index is 6.48. The molecule has 2 aromatic carbocycles. The lowest BCUT2D eigenvalue weighted by molar-refractivity contribution is 0.116. The predicted molar refractivity (Wildman–Crippen MR) is 132 cm³/mol. The molecule has 9 heteroatoms. The van der Waals surface area contributed by atoms with Gasteiger partial charge in [0, 0.05) is 31.2 Å². The van der Waals surface area contributed by atoms with Gasteiger partial charge in [0.15, 0.2) is 5.82 Å². The van der Waals surface area contributed by atoms with Crippen molar-refractivity contribution < 1.29 is 9.47 Å². The lowest BCUT2D eigenvalue weighted by atomic mass is 10.1. The van der Waals surface area contributed by atoms with Crippen molar-refractivity contribution >= 4 is 34.0 Å². The molecular formula is C25H25ClN6O2. The molecule has 4 aromatic rings. The van der Waals surface area contributed by atoms with E-state index in [0.29, 0.717) is 22.4 Å². The number of likely N-dealkylation sites (tertiary alicyclic amines) is 1. The van der Waals surface area contributed by atoms with Gasteiger partial charge in [-0.2, -0.15) is 0 Å². The number of hydrogen-bond acceptors (Lipinski definition) is 8. The fourth-order valence-electron chi connectivity index (χ4n) is 3.93. The third kappa shape index (κ3) is 5.18. The van der Waals surface area contributed by atoms with Crippen molar-refractivity contribution in [1.82, 2.24) is 24.8 Å². The van der Waals surface area contributed by atoms with Gasteiger partial charge in [-0.1, -0.05) is 17.7 Å². The fourth-order valence-corrected chi connectivity index (χ4v) is 4.17. The van der Waals surface area contributed by atoms with Crippen LogP contribution >= 0.6 is 11.6 Å². The molecule has 5 rings (SSSR count). The van der Waals surface area contributed by atoms with Crippen LogP contribution in [-0.2, 0) is 6.61 Å². The average Bonchev–Trinajstić information content (AvgIpc) is 2.86. The Balaban J connectivity index is 1.35. The van der Waals surface area contributed by atoms with Crippen LogP contribution in [0.5, 0.6) is 11.5 Å². The number of ether oxygens (including phenoxy) is 2. The second-order valence-corrected chi connectivity index (χ2v) is 8.62. The van der Waals surface area contributed by atoms with Crippen LogP contribution in [-0.4, -0.2) is 51.1 Å². The lowest BCUT2D eigenvalue weighted by Gasteiger charge is -2.29. The molecular weight excluding hydrogens is 452 g/mol. The van der Waals surface area contributed by atoms with Gasteiger partial charge in [0.05, 0.1) is 15.9 Å². The van der Waals surface area contributed by atoms with Crippen molar-refractivity contribution in [3.63, 3.8) is 0 Å². The number of hydrogen-bond donors (Lipinski definition) is 1. The molecule has 2 aromatic heterocycles. The van der Waals surface area contributed by atoms with Gasteiger partial charge in [0.25, 0.3) is 0 Å². The van der Waals surface area contributed by atoms with Gasteiger partial charge in [-0.15, -0.1) is 0 Å². The maximum Gasteiger partial charge on any atom is 0.166 e. The van der Waals surface area contributed by atoms with E-state index in [-0.39, 0.29) is 12.7 Å².